The molecule has 16 heavy (non-hydrogen) atoms. The number of benzene rings is 1. The summed E-state index contributed by atoms with van der Waals surface area (Å²) >= 11 is 3.37. The van der Waals surface area contributed by atoms with Crippen molar-refractivity contribution in [3.63, 3.8) is 0 Å². The van der Waals surface area contributed by atoms with Crippen LogP contribution in [-0.2, 0) is 16.0 Å². The molecule has 5 heteroatoms. The van der Waals surface area contributed by atoms with E-state index in [1.165, 1.54) is 7.11 Å². The second kappa shape index (κ2) is 5.86. The third kappa shape index (κ3) is 3.21. The predicted molar refractivity (Wildman–Crippen MR) is 64.4 cm³/mol. The molecule has 88 valence electrons. The molecule has 0 radical (unpaired) electrons. The Morgan fingerprint density at radius 2 is 2.19 bits per heavy atom. The Balaban J connectivity index is 2.75. The maximum absolute atomic E-state index is 11.1. The lowest BCUT2D eigenvalue weighted by Crippen LogP contribution is -2.33. The Hall–Kier alpha value is -1.07. The van der Waals surface area contributed by atoms with E-state index < -0.39 is 12.0 Å². The molecule has 0 heterocycles. The lowest BCUT2D eigenvalue weighted by molar-refractivity contribution is -0.142. The van der Waals surface area contributed by atoms with Gasteiger partial charge in [-0.15, -0.1) is 0 Å². The number of ether oxygens (including phenoxy) is 2. The van der Waals surface area contributed by atoms with E-state index in [2.05, 4.69) is 20.7 Å². The van der Waals surface area contributed by atoms with Crippen LogP contribution in [0.3, 0.4) is 0 Å². The number of nitrogens with two attached hydrogens (primary N) is 1. The third-order valence-electron chi connectivity index (χ3n) is 2.18. The van der Waals surface area contributed by atoms with Gasteiger partial charge in [0.05, 0.1) is 18.7 Å². The number of methoxy groups -OCH3 is 2. The Morgan fingerprint density at radius 3 is 2.69 bits per heavy atom. The highest BCUT2D eigenvalue weighted by molar-refractivity contribution is 9.10. The number of rotatable bonds is 4. The van der Waals surface area contributed by atoms with Crippen LogP contribution < -0.4 is 10.5 Å². The zero-order chi connectivity index (χ0) is 12.1. The minimum absolute atomic E-state index is 0.410. The molecule has 0 spiro atoms. The van der Waals surface area contributed by atoms with Crippen LogP contribution >= 0.6 is 15.9 Å². The summed E-state index contributed by atoms with van der Waals surface area (Å²) in [6, 6.07) is 4.93. The first-order chi connectivity index (χ1) is 7.58. The van der Waals surface area contributed by atoms with E-state index in [1.54, 1.807) is 7.11 Å². The average Bonchev–Trinajstić information content (AvgIpc) is 2.28. The fraction of sp³-hybridized carbons (Fsp3) is 0.364. The highest BCUT2D eigenvalue weighted by Gasteiger charge is 2.14. The predicted octanol–water partition coefficient (Wildman–Crippen LogP) is 1.50. The molecule has 0 fully saturated rings. The Morgan fingerprint density at radius 1 is 1.50 bits per heavy atom. The maximum Gasteiger partial charge on any atom is 0.322 e. The molecule has 4 nitrogen and oxygen atoms in total. The second-order valence-electron chi connectivity index (χ2n) is 3.30. The topological polar surface area (TPSA) is 61.5 Å². The van der Waals surface area contributed by atoms with Crippen molar-refractivity contribution in [2.75, 3.05) is 14.2 Å². The molecule has 0 bridgehead atoms. The van der Waals surface area contributed by atoms with Gasteiger partial charge in [-0.1, -0.05) is 6.07 Å². The van der Waals surface area contributed by atoms with E-state index in [4.69, 9.17) is 10.5 Å². The van der Waals surface area contributed by atoms with Gasteiger partial charge >= 0.3 is 5.97 Å². The number of esters is 1. The van der Waals surface area contributed by atoms with Crippen molar-refractivity contribution in [2.45, 2.75) is 12.5 Å². The van der Waals surface area contributed by atoms with E-state index in [1.807, 2.05) is 18.2 Å². The first kappa shape index (κ1) is 13.0. The van der Waals surface area contributed by atoms with Gasteiger partial charge in [0.25, 0.3) is 0 Å². The summed E-state index contributed by atoms with van der Waals surface area (Å²) in [5.41, 5.74) is 6.61. The molecule has 0 saturated carbocycles. The molecular formula is C11H14BrNO3. The van der Waals surface area contributed by atoms with Crippen molar-refractivity contribution in [1.82, 2.24) is 0 Å². The van der Waals surface area contributed by atoms with Crippen LogP contribution in [0.15, 0.2) is 22.7 Å². The van der Waals surface area contributed by atoms with Crippen LogP contribution in [0.2, 0.25) is 0 Å². The van der Waals surface area contributed by atoms with Crippen molar-refractivity contribution in [1.29, 1.82) is 0 Å². The Bertz CT molecular complexity index is 381. The summed E-state index contributed by atoms with van der Waals surface area (Å²) in [7, 11) is 2.92. The minimum atomic E-state index is -0.634. The Labute approximate surface area is 103 Å². The molecule has 1 aromatic carbocycles. The normalized spacial score (nSPS) is 12.0. The Kier molecular flexibility index (Phi) is 4.76. The highest BCUT2D eigenvalue weighted by Crippen LogP contribution is 2.25. The van der Waals surface area contributed by atoms with Crippen LogP contribution in [0.5, 0.6) is 5.75 Å². The van der Waals surface area contributed by atoms with Gasteiger partial charge in [0.2, 0.25) is 0 Å². The van der Waals surface area contributed by atoms with Crippen LogP contribution in [0.1, 0.15) is 5.56 Å². The van der Waals surface area contributed by atoms with E-state index in [-0.39, 0.29) is 0 Å². The fourth-order valence-corrected chi connectivity index (χ4v) is 1.91. The molecule has 0 aliphatic carbocycles. The van der Waals surface area contributed by atoms with Crippen LogP contribution in [0, 0.1) is 0 Å². The van der Waals surface area contributed by atoms with Crippen molar-refractivity contribution >= 4 is 21.9 Å². The van der Waals surface area contributed by atoms with Gasteiger partial charge in [-0.05, 0) is 40.0 Å². The highest BCUT2D eigenvalue weighted by atomic mass is 79.9. The summed E-state index contributed by atoms with van der Waals surface area (Å²) < 4.78 is 10.5. The molecule has 0 saturated heterocycles. The van der Waals surface area contributed by atoms with E-state index >= 15 is 0 Å². The smallest absolute Gasteiger partial charge is 0.322 e. The van der Waals surface area contributed by atoms with E-state index in [9.17, 15) is 4.79 Å². The molecule has 0 aliphatic heterocycles. The zero-order valence-electron chi connectivity index (χ0n) is 9.20. The first-order valence-electron chi connectivity index (χ1n) is 4.74. The summed E-state index contributed by atoms with van der Waals surface area (Å²) in [5, 5.41) is 0. The molecule has 1 aromatic rings. The van der Waals surface area contributed by atoms with Crippen LogP contribution in [0.25, 0.3) is 0 Å². The average molecular weight is 288 g/mol. The zero-order valence-corrected chi connectivity index (χ0v) is 10.8. The molecule has 0 unspecified atom stereocenters. The summed E-state index contributed by atoms with van der Waals surface area (Å²) in [5.74, 6) is 0.335. The van der Waals surface area contributed by atoms with Gasteiger partial charge < -0.3 is 15.2 Å². The maximum atomic E-state index is 11.1. The van der Waals surface area contributed by atoms with Gasteiger partial charge in [-0.2, -0.15) is 0 Å². The largest absolute Gasteiger partial charge is 0.496 e. The van der Waals surface area contributed by atoms with Gasteiger partial charge in [-0.3, -0.25) is 4.79 Å². The summed E-state index contributed by atoms with van der Waals surface area (Å²) in [6.07, 6.45) is 0.440. The lowest BCUT2D eigenvalue weighted by atomic mass is 10.1. The van der Waals surface area contributed by atoms with Crippen molar-refractivity contribution in [2.24, 2.45) is 5.73 Å². The van der Waals surface area contributed by atoms with Crippen molar-refractivity contribution in [3.8, 4) is 5.75 Å². The second-order valence-corrected chi connectivity index (χ2v) is 4.16. The number of carbonyl (C=O) groups excluding carboxylic acids is 1. The van der Waals surface area contributed by atoms with Gasteiger partial charge in [0, 0.05) is 0 Å². The van der Waals surface area contributed by atoms with Gasteiger partial charge in [-0.25, -0.2) is 0 Å². The van der Waals surface area contributed by atoms with Crippen LogP contribution in [0.4, 0.5) is 0 Å². The summed E-state index contributed by atoms with van der Waals surface area (Å²) in [6.45, 7) is 0. The monoisotopic (exact) mass is 287 g/mol. The number of hydrogen-bond donors (Lipinski definition) is 1. The number of hydrogen-bond acceptors (Lipinski definition) is 4. The molecule has 1 rings (SSSR count). The molecule has 0 amide bonds. The molecule has 1 atom stereocenters. The lowest BCUT2D eigenvalue weighted by Gasteiger charge is -2.10. The van der Waals surface area contributed by atoms with Crippen LogP contribution in [-0.4, -0.2) is 26.2 Å². The molecule has 0 aromatic heterocycles. The molecule has 0 aliphatic rings. The minimum Gasteiger partial charge on any atom is -0.496 e. The van der Waals surface area contributed by atoms with Crippen molar-refractivity contribution < 1.29 is 14.3 Å². The number of carbonyl (C=O) groups is 1. The number of halogens is 1. The SMILES string of the molecule is COC(=O)[C@H](N)Cc1ccc(OC)c(Br)c1. The standard InChI is InChI=1S/C11H14BrNO3/c1-15-10-4-3-7(5-8(10)12)6-9(13)11(14)16-2/h3-5,9H,6,13H2,1-2H3/t9-/m1/s1. The van der Waals surface area contributed by atoms with E-state index in [0.717, 1.165) is 15.8 Å². The molecule has 2 N–H and O–H groups in total. The van der Waals surface area contributed by atoms with Crippen molar-refractivity contribution in [3.05, 3.63) is 28.2 Å². The van der Waals surface area contributed by atoms with Gasteiger partial charge in [0.15, 0.2) is 0 Å². The van der Waals surface area contributed by atoms with E-state index in [0.29, 0.717) is 6.42 Å². The fourth-order valence-electron chi connectivity index (χ4n) is 1.33. The summed E-state index contributed by atoms with van der Waals surface area (Å²) in [4.78, 5) is 11.1. The first-order valence-corrected chi connectivity index (χ1v) is 5.53. The third-order valence-corrected chi connectivity index (χ3v) is 2.80. The molecular weight excluding hydrogens is 274 g/mol. The quantitative estimate of drug-likeness (QED) is 0.853. The van der Waals surface area contributed by atoms with Gasteiger partial charge in [0.1, 0.15) is 11.8 Å².